The number of rotatable bonds is 5. The first-order valence-corrected chi connectivity index (χ1v) is 17.9. The number of aromatic carboxylic acids is 1. The Bertz CT molecular complexity index is 2310. The predicted octanol–water partition coefficient (Wildman–Crippen LogP) is 4.82. The molecule has 2 amide bonds. The van der Waals surface area contributed by atoms with Gasteiger partial charge in [-0.1, -0.05) is 35.6 Å². The van der Waals surface area contributed by atoms with E-state index in [1.165, 1.54) is 23.1 Å². The van der Waals surface area contributed by atoms with Crippen LogP contribution in [0.15, 0.2) is 47.5 Å². The molecule has 0 saturated carbocycles. The molecule has 2 saturated heterocycles. The van der Waals surface area contributed by atoms with Gasteiger partial charge < -0.3 is 25.7 Å². The van der Waals surface area contributed by atoms with Crippen LogP contribution >= 0.6 is 22.9 Å². The first-order valence-electron chi connectivity index (χ1n) is 16.7. The van der Waals surface area contributed by atoms with Gasteiger partial charge in [-0.05, 0) is 56.7 Å². The molecule has 0 bridgehead atoms. The van der Waals surface area contributed by atoms with Crippen LogP contribution in [0.3, 0.4) is 0 Å². The lowest BCUT2D eigenvalue weighted by molar-refractivity contribution is -0.192. The van der Waals surface area contributed by atoms with Gasteiger partial charge in [0.15, 0.2) is 5.82 Å². The van der Waals surface area contributed by atoms with Gasteiger partial charge in [0.2, 0.25) is 5.91 Å². The number of thiophene rings is 1. The van der Waals surface area contributed by atoms with E-state index in [-0.39, 0.29) is 41.3 Å². The van der Waals surface area contributed by atoms with Crippen LogP contribution in [-0.2, 0) is 9.59 Å². The fourth-order valence-electron chi connectivity index (χ4n) is 6.77. The smallest absolute Gasteiger partial charge is 0.478 e. The molecule has 4 N–H and O–H groups in total. The molecule has 55 heavy (non-hydrogen) atoms. The van der Waals surface area contributed by atoms with Crippen molar-refractivity contribution in [2.24, 2.45) is 16.1 Å². The second-order valence-corrected chi connectivity index (χ2v) is 15.0. The molecule has 3 aliphatic heterocycles. The summed E-state index contributed by atoms with van der Waals surface area (Å²) < 4.78 is 33.8. The summed E-state index contributed by atoms with van der Waals surface area (Å²) in [5, 5.41) is 27.1. The highest BCUT2D eigenvalue weighted by Crippen LogP contribution is 2.43. The highest BCUT2D eigenvalue weighted by Gasteiger charge is 2.54. The van der Waals surface area contributed by atoms with Gasteiger partial charge in [0.05, 0.1) is 24.2 Å². The molecule has 1 spiro atoms. The normalized spacial score (nSPS) is 16.5. The molecule has 4 aromatic rings. The summed E-state index contributed by atoms with van der Waals surface area (Å²) in [6.45, 7) is 8.27. The SMILES string of the molecule is Cc1sc2c(c1C)C(c1ccc(Cl)cc1)=N[C@@H](CC(=O)N1CC3(C1)CN(C(=O)c1ccc(C(=O)O)c(C#CCN)c1)C3)c1nnc(C)n1-2.O=C(O)C(F)(F)F. The van der Waals surface area contributed by atoms with E-state index >= 15 is 0 Å². The Morgan fingerprint density at radius 2 is 1.64 bits per heavy atom. The summed E-state index contributed by atoms with van der Waals surface area (Å²) in [6, 6.07) is 11.4. The third-order valence-corrected chi connectivity index (χ3v) is 11.0. The number of carbonyl (C=O) groups is 4. The van der Waals surface area contributed by atoms with Crippen molar-refractivity contribution in [3.63, 3.8) is 0 Å². The minimum absolute atomic E-state index is 0.0216. The quantitative estimate of drug-likeness (QED) is 0.239. The molecule has 1 atom stereocenters. The number of hydrogen-bond acceptors (Lipinski definition) is 9. The van der Waals surface area contributed by atoms with E-state index in [1.807, 2.05) is 40.7 Å². The fourth-order valence-corrected chi connectivity index (χ4v) is 8.11. The van der Waals surface area contributed by atoms with Crippen LogP contribution in [0.5, 0.6) is 0 Å². The number of carboxylic acids is 2. The van der Waals surface area contributed by atoms with Crippen LogP contribution in [0.4, 0.5) is 13.2 Å². The number of aryl methyl sites for hydroxylation is 2. The summed E-state index contributed by atoms with van der Waals surface area (Å²) >= 11 is 7.89. The van der Waals surface area contributed by atoms with Gasteiger partial charge in [-0.2, -0.15) is 13.2 Å². The van der Waals surface area contributed by atoms with Gasteiger partial charge in [-0.15, -0.1) is 21.5 Å². The molecule has 18 heteroatoms. The van der Waals surface area contributed by atoms with Crippen LogP contribution in [0.2, 0.25) is 5.02 Å². The van der Waals surface area contributed by atoms with Crippen molar-refractivity contribution in [2.45, 2.75) is 39.4 Å². The van der Waals surface area contributed by atoms with Gasteiger partial charge in [0.1, 0.15) is 16.9 Å². The summed E-state index contributed by atoms with van der Waals surface area (Å²) in [5.41, 5.74) is 9.79. The first-order chi connectivity index (χ1) is 25.9. The zero-order valence-corrected chi connectivity index (χ0v) is 31.1. The zero-order valence-electron chi connectivity index (χ0n) is 29.6. The number of halogens is 4. The molecule has 13 nitrogen and oxygen atoms in total. The van der Waals surface area contributed by atoms with Crippen molar-refractivity contribution >= 4 is 52.4 Å². The van der Waals surface area contributed by atoms with E-state index in [0.29, 0.717) is 42.6 Å². The number of hydrogen-bond donors (Lipinski definition) is 3. The summed E-state index contributed by atoms with van der Waals surface area (Å²) in [7, 11) is 0. The van der Waals surface area contributed by atoms with E-state index in [1.54, 1.807) is 16.2 Å². The van der Waals surface area contributed by atoms with Gasteiger partial charge in [-0.25, -0.2) is 9.59 Å². The topological polar surface area (TPSA) is 184 Å². The Kier molecular flexibility index (Phi) is 10.6. The van der Waals surface area contributed by atoms with Crippen LogP contribution < -0.4 is 5.73 Å². The van der Waals surface area contributed by atoms with Gasteiger partial charge in [0, 0.05) is 63.7 Å². The monoisotopic (exact) mass is 795 g/mol. The van der Waals surface area contributed by atoms with Crippen LogP contribution in [0, 0.1) is 38.0 Å². The molecule has 7 rings (SSSR count). The lowest BCUT2D eigenvalue weighted by Crippen LogP contribution is -2.73. The summed E-state index contributed by atoms with van der Waals surface area (Å²) in [5.74, 6) is 2.67. The minimum Gasteiger partial charge on any atom is -0.478 e. The first kappa shape index (κ1) is 39.1. The number of carboxylic acid groups (broad SMARTS) is 2. The van der Waals surface area contributed by atoms with E-state index in [9.17, 15) is 32.7 Å². The van der Waals surface area contributed by atoms with E-state index in [0.717, 1.165) is 33.2 Å². The Labute approximate surface area is 321 Å². The van der Waals surface area contributed by atoms with E-state index < -0.39 is 24.2 Å². The van der Waals surface area contributed by atoms with Crippen molar-refractivity contribution < 1.29 is 42.6 Å². The number of nitrogens with zero attached hydrogens (tertiary/aromatic N) is 6. The number of aliphatic carboxylic acids is 1. The number of aliphatic imine (C=N–C) groups is 1. The second-order valence-electron chi connectivity index (χ2n) is 13.4. The van der Waals surface area contributed by atoms with Gasteiger partial charge >= 0.3 is 18.1 Å². The second kappa shape index (κ2) is 14.9. The Morgan fingerprint density at radius 1 is 1.00 bits per heavy atom. The van der Waals surface area contributed by atoms with Gasteiger partial charge in [0.25, 0.3) is 5.91 Å². The Morgan fingerprint density at radius 3 is 2.24 bits per heavy atom. The van der Waals surface area contributed by atoms with Crippen LogP contribution in [0.25, 0.3) is 5.00 Å². The summed E-state index contributed by atoms with van der Waals surface area (Å²) in [4.78, 5) is 57.4. The highest BCUT2D eigenvalue weighted by atomic mass is 35.5. The van der Waals surface area contributed by atoms with Crippen molar-refractivity contribution in [3.05, 3.63) is 97.4 Å². The molecular formula is C37H33ClF3N7O6S. The highest BCUT2D eigenvalue weighted by molar-refractivity contribution is 7.15. The van der Waals surface area contributed by atoms with Gasteiger partial charge in [-0.3, -0.25) is 19.1 Å². The number of likely N-dealkylation sites (tertiary alicyclic amines) is 2. The van der Waals surface area contributed by atoms with Crippen LogP contribution in [0.1, 0.15) is 72.0 Å². The maximum absolute atomic E-state index is 13.8. The molecule has 2 aromatic carbocycles. The molecule has 2 aromatic heterocycles. The number of carbonyl (C=O) groups excluding carboxylic acids is 2. The lowest BCUT2D eigenvalue weighted by atomic mass is 9.72. The Hall–Kier alpha value is -5.57. The maximum atomic E-state index is 13.8. The van der Waals surface area contributed by atoms with E-state index in [2.05, 4.69) is 35.9 Å². The van der Waals surface area contributed by atoms with Crippen molar-refractivity contribution in [3.8, 4) is 16.8 Å². The molecule has 0 aliphatic carbocycles. The minimum atomic E-state index is -5.08. The average molecular weight is 796 g/mol. The molecule has 286 valence electrons. The number of fused-ring (bicyclic) bond motifs is 3. The van der Waals surface area contributed by atoms with Crippen molar-refractivity contribution in [1.82, 2.24) is 24.6 Å². The molecule has 0 radical (unpaired) electrons. The number of alkyl halides is 3. The summed E-state index contributed by atoms with van der Waals surface area (Å²) in [6.07, 6.45) is -4.95. The Balaban J connectivity index is 0.000000672. The fraction of sp³-hybridized carbons (Fsp3) is 0.324. The third-order valence-electron chi connectivity index (χ3n) is 9.53. The average Bonchev–Trinajstić information content (AvgIpc) is 3.57. The molecular weight excluding hydrogens is 763 g/mol. The number of nitrogens with two attached hydrogens (primary N) is 1. The number of benzene rings is 2. The van der Waals surface area contributed by atoms with E-state index in [4.69, 9.17) is 32.2 Å². The number of aromatic nitrogens is 3. The molecule has 2 fully saturated rings. The van der Waals surface area contributed by atoms with Crippen molar-refractivity contribution in [2.75, 3.05) is 32.7 Å². The largest absolute Gasteiger partial charge is 0.490 e. The third kappa shape index (κ3) is 7.70. The van der Waals surface area contributed by atoms with Crippen molar-refractivity contribution in [1.29, 1.82) is 0 Å². The maximum Gasteiger partial charge on any atom is 0.490 e. The molecule has 5 heterocycles. The molecule has 3 aliphatic rings. The lowest BCUT2D eigenvalue weighted by Gasteiger charge is -2.60. The number of amides is 2. The van der Waals surface area contributed by atoms with Crippen LogP contribution in [-0.4, -0.2) is 103 Å². The molecule has 0 unspecified atom stereocenters. The predicted molar refractivity (Wildman–Crippen MR) is 196 cm³/mol. The zero-order chi connectivity index (χ0) is 40.0. The standard InChI is InChI=1S/C35H32ClN7O4S.C2HF3O2/c1-19-20(2)48-33-29(19)30(22-6-9-25(36)10-7-22)38-27(31-40-39-21(3)43(31)33)14-28(44)41-15-35(16-41)17-42(18-35)32(45)24-8-11-26(34(46)47)23(13-24)5-4-12-37;3-2(4,5)1(6)7/h6-11,13,27H,12,14-18,37H2,1-3H3,(H,46,47);(H,6,7)/t27-;/m0./s1.